The summed E-state index contributed by atoms with van der Waals surface area (Å²) in [6.45, 7) is 9.50. The lowest BCUT2D eigenvalue weighted by Crippen LogP contribution is -2.46. The molecule has 37 heavy (non-hydrogen) atoms. The van der Waals surface area contributed by atoms with Crippen LogP contribution >= 0.6 is 0 Å². The van der Waals surface area contributed by atoms with Gasteiger partial charge in [-0.25, -0.2) is 4.99 Å². The highest BCUT2D eigenvalue weighted by Crippen LogP contribution is 2.20. The molecule has 2 atom stereocenters. The molecule has 3 rings (SSSR count). The van der Waals surface area contributed by atoms with Crippen molar-refractivity contribution in [2.24, 2.45) is 10.4 Å². The van der Waals surface area contributed by atoms with Gasteiger partial charge in [0.15, 0.2) is 6.19 Å². The lowest BCUT2D eigenvalue weighted by molar-refractivity contribution is -0.140. The third-order valence-corrected chi connectivity index (χ3v) is 6.42. The number of carbonyl (C=O) groups is 3. The molecular formula is C27H39N7O3. The molecule has 10 heteroatoms. The second-order valence-electron chi connectivity index (χ2n) is 11.1. The Morgan fingerprint density at radius 3 is 2.68 bits per heavy atom. The Labute approximate surface area is 219 Å². The lowest BCUT2D eigenvalue weighted by Gasteiger charge is -2.26. The number of nitriles is 1. The van der Waals surface area contributed by atoms with Crippen molar-refractivity contribution in [3.8, 4) is 6.19 Å². The molecule has 0 aromatic heterocycles. The Kier molecular flexibility index (Phi) is 9.50. The van der Waals surface area contributed by atoms with E-state index in [1.54, 1.807) is 9.80 Å². The van der Waals surface area contributed by atoms with Crippen molar-refractivity contribution in [3.63, 3.8) is 0 Å². The molecule has 2 saturated heterocycles. The minimum absolute atomic E-state index is 0.00347. The van der Waals surface area contributed by atoms with Gasteiger partial charge in [0.25, 0.3) is 0 Å². The highest BCUT2D eigenvalue weighted by molar-refractivity contribution is 5.97. The number of nitrogens with zero attached hydrogens (tertiary/aromatic N) is 4. The first-order chi connectivity index (χ1) is 17.5. The monoisotopic (exact) mass is 509 g/mol. The fraction of sp³-hybridized carbons (Fsp3) is 0.593. The van der Waals surface area contributed by atoms with Gasteiger partial charge in [0.2, 0.25) is 23.7 Å². The van der Waals surface area contributed by atoms with E-state index in [1.807, 2.05) is 58.2 Å². The summed E-state index contributed by atoms with van der Waals surface area (Å²) in [6, 6.07) is 6.88. The highest BCUT2D eigenvalue weighted by Gasteiger charge is 2.32. The Balaban J connectivity index is 1.61. The van der Waals surface area contributed by atoms with Gasteiger partial charge in [0, 0.05) is 37.8 Å². The number of hydrogen-bond acceptors (Lipinski definition) is 5. The third kappa shape index (κ3) is 8.77. The molecular weight excluding hydrogens is 470 g/mol. The number of aliphatic imine (C=N–C) groups is 1. The van der Waals surface area contributed by atoms with Crippen molar-refractivity contribution in [3.05, 3.63) is 29.8 Å². The van der Waals surface area contributed by atoms with Crippen molar-refractivity contribution >= 4 is 29.4 Å². The summed E-state index contributed by atoms with van der Waals surface area (Å²) in [5.74, 6) is -0.147. The van der Waals surface area contributed by atoms with Crippen LogP contribution in [0.25, 0.3) is 0 Å². The van der Waals surface area contributed by atoms with Gasteiger partial charge in [-0.3, -0.25) is 19.7 Å². The van der Waals surface area contributed by atoms with Crippen LogP contribution in [0.15, 0.2) is 29.3 Å². The number of benzene rings is 1. The number of nitrogens with one attached hydrogen (secondary N) is 3. The third-order valence-electron chi connectivity index (χ3n) is 6.42. The average molecular weight is 510 g/mol. The standard InChI is InChI=1S/C27H39N7O3/c1-19-8-7-9-20(14-19)31-26(29-18-28)32-22-10-5-6-12-34(25(22)37)17-24(36)33-13-11-21(16-33)30-23(35)15-27(2,3)4/h7-9,14,21-22H,5-6,10-13,15-17H2,1-4H3,(H,30,35)(H2,29,31,32). The molecule has 2 aliphatic rings. The second-order valence-corrected chi connectivity index (χ2v) is 11.1. The molecule has 3 amide bonds. The smallest absolute Gasteiger partial charge is 0.247 e. The van der Waals surface area contributed by atoms with Crippen molar-refractivity contribution < 1.29 is 14.4 Å². The van der Waals surface area contributed by atoms with E-state index in [2.05, 4.69) is 20.9 Å². The molecule has 10 nitrogen and oxygen atoms in total. The van der Waals surface area contributed by atoms with Crippen LogP contribution < -0.4 is 16.0 Å². The van der Waals surface area contributed by atoms with Gasteiger partial charge >= 0.3 is 0 Å². The quantitative estimate of drug-likeness (QED) is 0.234. The molecule has 2 heterocycles. The first kappa shape index (κ1) is 28.0. The molecule has 0 saturated carbocycles. The fourth-order valence-corrected chi connectivity index (χ4v) is 4.65. The molecule has 2 aliphatic heterocycles. The van der Waals surface area contributed by atoms with Crippen LogP contribution in [0.4, 0.5) is 5.69 Å². The van der Waals surface area contributed by atoms with Gasteiger partial charge in [-0.05, 0) is 55.7 Å². The van der Waals surface area contributed by atoms with E-state index in [1.165, 1.54) is 0 Å². The maximum absolute atomic E-state index is 13.3. The van der Waals surface area contributed by atoms with E-state index in [9.17, 15) is 19.6 Å². The van der Waals surface area contributed by atoms with Gasteiger partial charge in [-0.15, -0.1) is 0 Å². The molecule has 3 N–H and O–H groups in total. The fourth-order valence-electron chi connectivity index (χ4n) is 4.65. The number of carbonyl (C=O) groups excluding carboxylic acids is 3. The summed E-state index contributed by atoms with van der Waals surface area (Å²) in [5, 5.41) is 17.8. The van der Waals surface area contributed by atoms with E-state index < -0.39 is 6.04 Å². The van der Waals surface area contributed by atoms with Gasteiger partial charge in [0.1, 0.15) is 6.04 Å². The Hall–Kier alpha value is -3.61. The van der Waals surface area contributed by atoms with Gasteiger partial charge < -0.3 is 20.4 Å². The number of aryl methyl sites for hydroxylation is 1. The van der Waals surface area contributed by atoms with Crippen LogP contribution in [-0.4, -0.2) is 71.7 Å². The molecule has 1 aromatic rings. The summed E-state index contributed by atoms with van der Waals surface area (Å²) in [5.41, 5.74) is 1.71. The van der Waals surface area contributed by atoms with Crippen LogP contribution in [0.5, 0.6) is 0 Å². The van der Waals surface area contributed by atoms with Crippen LogP contribution in [0.1, 0.15) is 58.4 Å². The van der Waals surface area contributed by atoms with Crippen molar-refractivity contribution in [1.82, 2.24) is 20.4 Å². The van der Waals surface area contributed by atoms with Gasteiger partial charge in [0.05, 0.1) is 6.54 Å². The lowest BCUT2D eigenvalue weighted by atomic mass is 9.92. The maximum atomic E-state index is 13.3. The molecule has 2 fully saturated rings. The van der Waals surface area contributed by atoms with Crippen LogP contribution in [-0.2, 0) is 14.4 Å². The van der Waals surface area contributed by atoms with Crippen LogP contribution in [0.3, 0.4) is 0 Å². The molecule has 0 spiro atoms. The summed E-state index contributed by atoms with van der Waals surface area (Å²) in [4.78, 5) is 46.5. The molecule has 0 radical (unpaired) electrons. The van der Waals surface area contributed by atoms with Crippen molar-refractivity contribution in [2.75, 3.05) is 31.5 Å². The van der Waals surface area contributed by atoms with Crippen LogP contribution in [0, 0.1) is 23.8 Å². The number of anilines is 1. The first-order valence-corrected chi connectivity index (χ1v) is 13.0. The number of amides is 3. The predicted octanol–water partition coefficient (Wildman–Crippen LogP) is 2.37. The van der Waals surface area contributed by atoms with E-state index in [-0.39, 0.29) is 41.7 Å². The number of hydrogen-bond donors (Lipinski definition) is 3. The van der Waals surface area contributed by atoms with Gasteiger partial charge in [-0.1, -0.05) is 32.9 Å². The second kappa shape index (κ2) is 12.6. The SMILES string of the molecule is Cc1cccc(NC(=NC2CCCCN(CC(=O)N3CCC(NC(=O)CC(C)(C)C)C3)C2=O)NC#N)c1. The largest absolute Gasteiger partial charge is 0.352 e. The number of likely N-dealkylation sites (tertiary alicyclic amines) is 2. The number of rotatable bonds is 6. The van der Waals surface area contributed by atoms with E-state index in [0.29, 0.717) is 38.9 Å². The normalized spacial score (nSPS) is 20.7. The summed E-state index contributed by atoms with van der Waals surface area (Å²) in [7, 11) is 0. The van der Waals surface area contributed by atoms with Crippen molar-refractivity contribution in [1.29, 1.82) is 5.26 Å². The average Bonchev–Trinajstić information content (AvgIpc) is 3.20. The minimum Gasteiger partial charge on any atom is -0.352 e. The Morgan fingerprint density at radius 1 is 1.19 bits per heavy atom. The topological polar surface area (TPSA) is 130 Å². The van der Waals surface area contributed by atoms with E-state index in [0.717, 1.165) is 24.1 Å². The molecule has 0 aliphatic carbocycles. The maximum Gasteiger partial charge on any atom is 0.247 e. The zero-order valence-corrected chi connectivity index (χ0v) is 22.3. The van der Waals surface area contributed by atoms with Crippen LogP contribution in [0.2, 0.25) is 0 Å². The predicted molar refractivity (Wildman–Crippen MR) is 142 cm³/mol. The Bertz CT molecular complexity index is 1060. The zero-order chi connectivity index (χ0) is 27.0. The van der Waals surface area contributed by atoms with Gasteiger partial charge in [-0.2, -0.15) is 5.26 Å². The first-order valence-electron chi connectivity index (χ1n) is 13.0. The summed E-state index contributed by atoms with van der Waals surface area (Å²) in [6.07, 6.45) is 5.13. The summed E-state index contributed by atoms with van der Waals surface area (Å²) < 4.78 is 0. The van der Waals surface area contributed by atoms with E-state index >= 15 is 0 Å². The molecule has 200 valence electrons. The Morgan fingerprint density at radius 2 is 1.97 bits per heavy atom. The van der Waals surface area contributed by atoms with Crippen molar-refractivity contribution in [2.45, 2.75) is 71.9 Å². The highest BCUT2D eigenvalue weighted by atomic mass is 16.2. The molecule has 1 aromatic carbocycles. The molecule has 0 bridgehead atoms. The van der Waals surface area contributed by atoms with E-state index in [4.69, 9.17) is 0 Å². The number of guanidine groups is 1. The minimum atomic E-state index is -0.688. The summed E-state index contributed by atoms with van der Waals surface area (Å²) >= 11 is 0. The molecule has 2 unspecified atom stereocenters. The zero-order valence-electron chi connectivity index (χ0n) is 22.3.